The average molecular weight is 424 g/mol. The third-order valence-electron chi connectivity index (χ3n) is 5.25. The number of carbonyl (C=O) groups is 1. The normalized spacial score (nSPS) is 14.9. The number of Topliss-reactive ketones (excluding diaryl/α,β-unsaturated/α-hetero) is 1. The van der Waals surface area contributed by atoms with E-state index >= 15 is 0 Å². The highest BCUT2D eigenvalue weighted by molar-refractivity contribution is 8.00. The summed E-state index contributed by atoms with van der Waals surface area (Å²) in [5.74, 6) is -1.21. The zero-order chi connectivity index (χ0) is 20.8. The smallest absolute Gasteiger partial charge is 0.192 e. The maximum atomic E-state index is 14.0. The molecule has 0 saturated heterocycles. The Balaban J connectivity index is 1.48. The highest BCUT2D eigenvalue weighted by Gasteiger charge is 2.32. The monoisotopic (exact) mass is 424 g/mol. The zero-order valence-electron chi connectivity index (χ0n) is 16.1. The summed E-state index contributed by atoms with van der Waals surface area (Å²) in [6.45, 7) is 1.70. The van der Waals surface area contributed by atoms with Gasteiger partial charge in [0.25, 0.3) is 0 Å². The molecular weight excluding hydrogens is 406 g/mol. The quantitative estimate of drug-likeness (QED) is 0.332. The molecule has 1 fully saturated rings. The van der Waals surface area contributed by atoms with Crippen molar-refractivity contribution in [2.45, 2.75) is 36.2 Å². The van der Waals surface area contributed by atoms with Crippen LogP contribution in [0.4, 0.5) is 8.78 Å². The van der Waals surface area contributed by atoms with E-state index in [1.807, 2.05) is 30.5 Å². The molecule has 5 rings (SSSR count). The Bertz CT molecular complexity index is 1260. The van der Waals surface area contributed by atoms with Crippen molar-refractivity contribution >= 4 is 28.4 Å². The minimum absolute atomic E-state index is 0.120. The minimum Gasteiger partial charge on any atom is -0.360 e. The van der Waals surface area contributed by atoms with Crippen LogP contribution < -0.4 is 0 Å². The van der Waals surface area contributed by atoms with E-state index in [4.69, 9.17) is 0 Å². The summed E-state index contributed by atoms with van der Waals surface area (Å²) in [5.41, 5.74) is 1.86. The standard InChI is InChI=1S/C22H18F2N4OS/c1-12(20(29)16-9-6-13(23)10-18(16)24)30-22-27-26-21(28(22)14-7-8-14)17-11-25-19-5-3-2-4-15(17)19/h2-6,9-12,14,25H,7-8H2,1H3. The van der Waals surface area contributed by atoms with E-state index in [2.05, 4.69) is 19.7 Å². The number of aromatic nitrogens is 4. The maximum absolute atomic E-state index is 14.0. The number of nitrogens with one attached hydrogen (secondary N) is 1. The summed E-state index contributed by atoms with van der Waals surface area (Å²) in [5, 5.41) is 9.86. The topological polar surface area (TPSA) is 63.6 Å². The summed E-state index contributed by atoms with van der Waals surface area (Å²) >= 11 is 1.25. The van der Waals surface area contributed by atoms with Crippen LogP contribution in [0.15, 0.2) is 53.8 Å². The fourth-order valence-corrected chi connectivity index (χ4v) is 4.57. The summed E-state index contributed by atoms with van der Waals surface area (Å²) in [4.78, 5) is 16.0. The maximum Gasteiger partial charge on any atom is 0.192 e. The second-order valence-corrected chi connectivity index (χ2v) is 8.71. The van der Waals surface area contributed by atoms with E-state index in [9.17, 15) is 13.6 Å². The van der Waals surface area contributed by atoms with E-state index in [-0.39, 0.29) is 11.6 Å². The Morgan fingerprint density at radius 1 is 1.20 bits per heavy atom. The summed E-state index contributed by atoms with van der Waals surface area (Å²) in [6, 6.07) is 11.3. The molecule has 0 spiro atoms. The number of thioether (sulfide) groups is 1. The highest BCUT2D eigenvalue weighted by atomic mass is 32.2. The molecule has 0 bridgehead atoms. The van der Waals surface area contributed by atoms with Crippen molar-refractivity contribution in [1.29, 1.82) is 0 Å². The van der Waals surface area contributed by atoms with Gasteiger partial charge in [-0.1, -0.05) is 30.0 Å². The van der Waals surface area contributed by atoms with Gasteiger partial charge in [-0.25, -0.2) is 8.78 Å². The Kier molecular flexibility index (Phi) is 4.66. The van der Waals surface area contributed by atoms with Crippen LogP contribution in [-0.2, 0) is 0 Å². The Hall–Kier alpha value is -3.00. The van der Waals surface area contributed by atoms with E-state index in [1.165, 1.54) is 17.8 Å². The number of carbonyl (C=O) groups excluding carboxylic acids is 1. The number of ketones is 1. The van der Waals surface area contributed by atoms with Crippen molar-refractivity contribution in [3.63, 3.8) is 0 Å². The first-order chi connectivity index (χ1) is 14.5. The van der Waals surface area contributed by atoms with Gasteiger partial charge in [-0.2, -0.15) is 0 Å². The van der Waals surface area contributed by atoms with Crippen LogP contribution in [0.1, 0.15) is 36.2 Å². The van der Waals surface area contributed by atoms with Gasteiger partial charge in [0.1, 0.15) is 11.6 Å². The lowest BCUT2D eigenvalue weighted by Gasteiger charge is -2.13. The number of halogens is 2. The highest BCUT2D eigenvalue weighted by Crippen LogP contribution is 2.43. The van der Waals surface area contributed by atoms with Gasteiger partial charge < -0.3 is 4.98 Å². The molecule has 2 heterocycles. The first-order valence-corrected chi connectivity index (χ1v) is 10.6. The van der Waals surface area contributed by atoms with E-state index in [0.29, 0.717) is 5.16 Å². The Morgan fingerprint density at radius 3 is 2.77 bits per heavy atom. The molecule has 2 aromatic carbocycles. The van der Waals surface area contributed by atoms with Gasteiger partial charge in [-0.3, -0.25) is 9.36 Å². The van der Waals surface area contributed by atoms with Gasteiger partial charge in [0.05, 0.1) is 10.8 Å². The molecule has 5 nitrogen and oxygen atoms in total. The fraction of sp³-hybridized carbons (Fsp3) is 0.227. The third-order valence-corrected chi connectivity index (χ3v) is 6.31. The first kappa shape index (κ1) is 19.0. The zero-order valence-corrected chi connectivity index (χ0v) is 16.9. The van der Waals surface area contributed by atoms with Crippen LogP contribution in [-0.4, -0.2) is 30.8 Å². The second kappa shape index (κ2) is 7.36. The number of hydrogen-bond donors (Lipinski definition) is 1. The molecule has 8 heteroatoms. The molecule has 1 aliphatic carbocycles. The summed E-state index contributed by atoms with van der Waals surface area (Å²) in [6.07, 6.45) is 3.97. The predicted octanol–water partition coefficient (Wildman–Crippen LogP) is 5.40. The van der Waals surface area contributed by atoms with Crippen molar-refractivity contribution in [1.82, 2.24) is 19.7 Å². The number of para-hydroxylation sites is 1. The molecule has 1 aliphatic rings. The lowest BCUT2D eigenvalue weighted by Crippen LogP contribution is -2.16. The van der Waals surface area contributed by atoms with E-state index in [1.54, 1.807) is 6.92 Å². The van der Waals surface area contributed by atoms with Crippen LogP contribution in [0.5, 0.6) is 0 Å². The van der Waals surface area contributed by atoms with Crippen LogP contribution in [0.3, 0.4) is 0 Å². The molecule has 2 aromatic heterocycles. The van der Waals surface area contributed by atoms with Crippen molar-refractivity contribution in [3.8, 4) is 11.4 Å². The SMILES string of the molecule is CC(Sc1nnc(-c2c[nH]c3ccccc23)n1C1CC1)C(=O)c1ccc(F)cc1F. The van der Waals surface area contributed by atoms with Gasteiger partial charge in [-0.15, -0.1) is 10.2 Å². The van der Waals surface area contributed by atoms with Gasteiger partial charge >= 0.3 is 0 Å². The number of H-pyrrole nitrogens is 1. The molecule has 1 saturated carbocycles. The number of aromatic amines is 1. The number of benzene rings is 2. The molecule has 30 heavy (non-hydrogen) atoms. The Morgan fingerprint density at radius 2 is 2.00 bits per heavy atom. The molecule has 1 atom stereocenters. The average Bonchev–Trinajstić information content (AvgIpc) is 3.35. The van der Waals surface area contributed by atoms with Gasteiger partial charge in [0, 0.05) is 34.8 Å². The number of nitrogens with zero attached hydrogens (tertiary/aromatic N) is 3. The van der Waals surface area contributed by atoms with Crippen LogP contribution in [0.2, 0.25) is 0 Å². The third kappa shape index (κ3) is 3.31. The Labute approximate surface area is 175 Å². The molecule has 1 unspecified atom stereocenters. The predicted molar refractivity (Wildman–Crippen MR) is 112 cm³/mol. The molecular formula is C22H18F2N4OS. The fourth-order valence-electron chi connectivity index (χ4n) is 3.58. The molecule has 0 aliphatic heterocycles. The van der Waals surface area contributed by atoms with Gasteiger partial charge in [-0.05, 0) is 38.0 Å². The summed E-state index contributed by atoms with van der Waals surface area (Å²) < 4.78 is 29.3. The van der Waals surface area contributed by atoms with Crippen molar-refractivity contribution in [2.75, 3.05) is 0 Å². The minimum atomic E-state index is -0.851. The molecule has 1 N–H and O–H groups in total. The van der Waals surface area contributed by atoms with Gasteiger partial charge in [0.2, 0.25) is 0 Å². The molecule has 152 valence electrons. The van der Waals surface area contributed by atoms with Crippen molar-refractivity contribution in [3.05, 3.63) is 65.9 Å². The van der Waals surface area contributed by atoms with Crippen LogP contribution >= 0.6 is 11.8 Å². The number of fused-ring (bicyclic) bond motifs is 1. The summed E-state index contributed by atoms with van der Waals surface area (Å²) in [7, 11) is 0. The lowest BCUT2D eigenvalue weighted by molar-refractivity contribution is 0.0990. The van der Waals surface area contributed by atoms with Gasteiger partial charge in [0.15, 0.2) is 16.8 Å². The van der Waals surface area contributed by atoms with Crippen LogP contribution in [0.25, 0.3) is 22.3 Å². The number of hydrogen-bond acceptors (Lipinski definition) is 4. The second-order valence-electron chi connectivity index (χ2n) is 7.40. The lowest BCUT2D eigenvalue weighted by atomic mass is 10.1. The van der Waals surface area contributed by atoms with E-state index < -0.39 is 22.7 Å². The van der Waals surface area contributed by atoms with Crippen molar-refractivity contribution < 1.29 is 13.6 Å². The van der Waals surface area contributed by atoms with Crippen molar-refractivity contribution in [2.24, 2.45) is 0 Å². The molecule has 0 radical (unpaired) electrons. The first-order valence-electron chi connectivity index (χ1n) is 9.70. The van der Waals surface area contributed by atoms with E-state index in [0.717, 1.165) is 47.3 Å². The number of rotatable bonds is 6. The molecule has 0 amide bonds. The molecule has 4 aromatic rings. The largest absolute Gasteiger partial charge is 0.360 e. The van der Waals surface area contributed by atoms with Crippen LogP contribution in [0, 0.1) is 11.6 Å².